The molecule has 1 fully saturated rings. The Bertz CT molecular complexity index is 1700. The summed E-state index contributed by atoms with van der Waals surface area (Å²) in [5.41, 5.74) is 3.83. The molecule has 40 heavy (non-hydrogen) atoms. The van der Waals surface area contributed by atoms with E-state index in [9.17, 15) is 4.79 Å². The quantitative estimate of drug-likeness (QED) is 0.194. The second kappa shape index (κ2) is 11.6. The van der Waals surface area contributed by atoms with Crippen LogP contribution in [0.25, 0.3) is 16.8 Å². The lowest BCUT2D eigenvalue weighted by Gasteiger charge is -2.24. The summed E-state index contributed by atoms with van der Waals surface area (Å²) in [7, 11) is 0. The Balaban J connectivity index is 1.43. The van der Waals surface area contributed by atoms with E-state index in [1.807, 2.05) is 122 Å². The topological polar surface area (TPSA) is 41.9 Å². The van der Waals surface area contributed by atoms with Crippen LogP contribution >= 0.6 is 11.8 Å². The summed E-state index contributed by atoms with van der Waals surface area (Å²) in [4.78, 5) is 21.4. The van der Waals surface area contributed by atoms with Crippen molar-refractivity contribution in [2.24, 2.45) is 4.99 Å². The maximum absolute atomic E-state index is 14.1. The van der Waals surface area contributed by atoms with Crippen LogP contribution in [0.4, 0.5) is 5.69 Å². The van der Waals surface area contributed by atoms with Crippen molar-refractivity contribution in [2.75, 3.05) is 0 Å². The molecule has 0 aliphatic carbocycles. The molecule has 0 N–H and O–H groups in total. The molecule has 4 nitrogen and oxygen atoms in total. The highest BCUT2D eigenvalue weighted by atomic mass is 32.2. The van der Waals surface area contributed by atoms with Gasteiger partial charge in [0.05, 0.1) is 16.6 Å². The Labute approximate surface area is 238 Å². The molecule has 0 saturated carbocycles. The Morgan fingerprint density at radius 2 is 1.45 bits per heavy atom. The van der Waals surface area contributed by atoms with Crippen LogP contribution in [0.15, 0.2) is 137 Å². The number of hydrogen-bond donors (Lipinski definition) is 0. The SMILES string of the molecule is C[C@H](c1ccccc1)N1C(=O)/C(=C\c2c(OCc3ccccc3)ccc3ccccc23)SC1=Nc1ccccc1. The van der Waals surface area contributed by atoms with Gasteiger partial charge >= 0.3 is 0 Å². The second-order valence-corrected chi connectivity index (χ2v) is 10.6. The van der Waals surface area contributed by atoms with Crippen LogP contribution in [0.2, 0.25) is 0 Å². The average Bonchev–Trinajstić information content (AvgIpc) is 3.31. The van der Waals surface area contributed by atoms with Gasteiger partial charge in [-0.1, -0.05) is 109 Å². The number of carbonyl (C=O) groups excluding carboxylic acids is 1. The van der Waals surface area contributed by atoms with Gasteiger partial charge < -0.3 is 4.74 Å². The number of thioether (sulfide) groups is 1. The first-order valence-corrected chi connectivity index (χ1v) is 14.1. The lowest BCUT2D eigenvalue weighted by atomic mass is 10.0. The Kier molecular flexibility index (Phi) is 7.47. The van der Waals surface area contributed by atoms with Gasteiger partial charge in [0.2, 0.25) is 0 Å². The van der Waals surface area contributed by atoms with E-state index in [2.05, 4.69) is 18.2 Å². The minimum absolute atomic E-state index is 0.0713. The monoisotopic (exact) mass is 540 g/mol. The number of benzene rings is 5. The first-order valence-electron chi connectivity index (χ1n) is 13.3. The van der Waals surface area contributed by atoms with E-state index >= 15 is 0 Å². The van der Waals surface area contributed by atoms with Crippen molar-refractivity contribution in [1.82, 2.24) is 4.90 Å². The summed E-state index contributed by atoms with van der Waals surface area (Å²) in [5, 5.41) is 2.78. The number of rotatable bonds is 7. The molecule has 1 heterocycles. The lowest BCUT2D eigenvalue weighted by molar-refractivity contribution is -0.123. The van der Waals surface area contributed by atoms with Crippen LogP contribution in [-0.2, 0) is 11.4 Å². The molecule has 196 valence electrons. The van der Waals surface area contributed by atoms with Crippen molar-refractivity contribution < 1.29 is 9.53 Å². The Hall–Kier alpha value is -4.61. The number of para-hydroxylation sites is 1. The number of amidine groups is 1. The molecule has 1 amide bonds. The van der Waals surface area contributed by atoms with Gasteiger partial charge in [0.25, 0.3) is 5.91 Å². The van der Waals surface area contributed by atoms with Gasteiger partial charge in [-0.15, -0.1) is 0 Å². The highest BCUT2D eigenvalue weighted by molar-refractivity contribution is 8.18. The summed E-state index contributed by atoms with van der Waals surface area (Å²) in [6, 6.07) is 42.0. The summed E-state index contributed by atoms with van der Waals surface area (Å²) < 4.78 is 6.33. The van der Waals surface area contributed by atoms with Crippen molar-refractivity contribution in [3.8, 4) is 5.75 Å². The van der Waals surface area contributed by atoms with Crippen molar-refractivity contribution in [3.05, 3.63) is 149 Å². The van der Waals surface area contributed by atoms with E-state index < -0.39 is 0 Å². The van der Waals surface area contributed by atoms with Crippen LogP contribution in [0.1, 0.15) is 29.7 Å². The minimum Gasteiger partial charge on any atom is -0.488 e. The highest BCUT2D eigenvalue weighted by Gasteiger charge is 2.37. The second-order valence-electron chi connectivity index (χ2n) is 9.58. The van der Waals surface area contributed by atoms with Crippen LogP contribution in [0, 0.1) is 0 Å². The summed E-state index contributed by atoms with van der Waals surface area (Å²) in [6.45, 7) is 2.48. The van der Waals surface area contributed by atoms with E-state index in [4.69, 9.17) is 9.73 Å². The third-order valence-electron chi connectivity index (χ3n) is 6.93. The van der Waals surface area contributed by atoms with Crippen LogP contribution in [0.3, 0.4) is 0 Å². The van der Waals surface area contributed by atoms with E-state index in [0.717, 1.165) is 38.9 Å². The van der Waals surface area contributed by atoms with Crippen LogP contribution < -0.4 is 4.74 Å². The molecule has 0 unspecified atom stereocenters. The fourth-order valence-corrected chi connectivity index (χ4v) is 5.87. The number of carbonyl (C=O) groups is 1. The summed E-state index contributed by atoms with van der Waals surface area (Å²) in [6.07, 6.45) is 1.97. The normalized spacial score (nSPS) is 16.1. The molecule has 1 aliphatic heterocycles. The van der Waals surface area contributed by atoms with Crippen LogP contribution in [-0.4, -0.2) is 16.0 Å². The van der Waals surface area contributed by atoms with Gasteiger partial charge in [-0.3, -0.25) is 9.69 Å². The van der Waals surface area contributed by atoms with Gasteiger partial charge in [0.1, 0.15) is 12.4 Å². The number of hydrogen-bond acceptors (Lipinski definition) is 4. The van der Waals surface area contributed by atoms with Crippen molar-refractivity contribution >= 4 is 45.4 Å². The van der Waals surface area contributed by atoms with Gasteiger partial charge in [-0.2, -0.15) is 0 Å². The molecule has 1 atom stereocenters. The van der Waals surface area contributed by atoms with Crippen LogP contribution in [0.5, 0.6) is 5.75 Å². The minimum atomic E-state index is -0.184. The van der Waals surface area contributed by atoms with E-state index in [0.29, 0.717) is 16.7 Å². The predicted octanol–water partition coefficient (Wildman–Crippen LogP) is 8.78. The zero-order valence-electron chi connectivity index (χ0n) is 22.1. The highest BCUT2D eigenvalue weighted by Crippen LogP contribution is 2.41. The standard InChI is InChI=1S/C35H28N2O2S/c1-25(27-15-7-3-8-16-27)37-34(38)33(40-35(37)36-29-18-9-4-10-19-29)23-31-30-20-12-11-17-28(30)21-22-32(31)39-24-26-13-5-2-6-14-26/h2-23,25H,24H2,1H3/b33-23+,36-35?/t25-/m1/s1. The van der Waals surface area contributed by atoms with Crippen molar-refractivity contribution in [1.29, 1.82) is 0 Å². The maximum Gasteiger partial charge on any atom is 0.267 e. The molecule has 0 bridgehead atoms. The molecular weight excluding hydrogens is 512 g/mol. The third kappa shape index (κ3) is 5.42. The molecule has 5 heteroatoms. The van der Waals surface area contributed by atoms with E-state index in [-0.39, 0.29) is 11.9 Å². The van der Waals surface area contributed by atoms with Gasteiger partial charge in [0.15, 0.2) is 5.17 Å². The zero-order chi connectivity index (χ0) is 27.3. The molecule has 1 aliphatic rings. The van der Waals surface area contributed by atoms with Gasteiger partial charge in [-0.25, -0.2) is 4.99 Å². The number of nitrogens with zero attached hydrogens (tertiary/aromatic N) is 2. The maximum atomic E-state index is 14.1. The smallest absolute Gasteiger partial charge is 0.267 e. The molecule has 1 saturated heterocycles. The first-order chi connectivity index (χ1) is 19.7. The molecule has 0 spiro atoms. The molecular formula is C35H28N2O2S. The zero-order valence-corrected chi connectivity index (χ0v) is 22.9. The van der Waals surface area contributed by atoms with Gasteiger partial charge in [-0.05, 0) is 64.9 Å². The van der Waals surface area contributed by atoms with Crippen molar-refractivity contribution in [2.45, 2.75) is 19.6 Å². The number of fused-ring (bicyclic) bond motifs is 1. The summed E-state index contributed by atoms with van der Waals surface area (Å²) in [5.74, 6) is 0.664. The van der Waals surface area contributed by atoms with E-state index in [1.165, 1.54) is 11.8 Å². The van der Waals surface area contributed by atoms with E-state index in [1.54, 1.807) is 4.90 Å². The average molecular weight is 541 g/mol. The number of ether oxygens (including phenoxy) is 1. The van der Waals surface area contributed by atoms with Gasteiger partial charge in [0, 0.05) is 5.56 Å². The predicted molar refractivity (Wildman–Crippen MR) is 166 cm³/mol. The largest absolute Gasteiger partial charge is 0.488 e. The fraction of sp³-hybridized carbons (Fsp3) is 0.0857. The molecule has 0 aromatic heterocycles. The first kappa shape index (κ1) is 25.7. The number of amides is 1. The lowest BCUT2D eigenvalue weighted by Crippen LogP contribution is -2.32. The third-order valence-corrected chi connectivity index (χ3v) is 7.91. The molecule has 0 radical (unpaired) electrons. The fourth-order valence-electron chi connectivity index (χ4n) is 4.82. The Morgan fingerprint density at radius 3 is 2.20 bits per heavy atom. The molecule has 5 aromatic rings. The molecule has 6 rings (SSSR count). The molecule has 5 aromatic carbocycles. The number of aliphatic imine (C=N–C) groups is 1. The van der Waals surface area contributed by atoms with Crippen molar-refractivity contribution in [3.63, 3.8) is 0 Å². The Morgan fingerprint density at radius 1 is 0.800 bits per heavy atom. The summed E-state index contributed by atoms with van der Waals surface area (Å²) >= 11 is 1.40.